The second kappa shape index (κ2) is 11.5. The lowest BCUT2D eigenvalue weighted by molar-refractivity contribution is -0.139. The summed E-state index contributed by atoms with van der Waals surface area (Å²) in [5, 5.41) is 0. The molecule has 2 aromatic carbocycles. The Morgan fingerprint density at radius 3 is 2.49 bits per heavy atom. The third-order valence-electron chi connectivity index (χ3n) is 6.98. The van der Waals surface area contributed by atoms with Crippen molar-refractivity contribution in [1.29, 1.82) is 0 Å². The average Bonchev–Trinajstić information content (AvgIpc) is 3.57. The molecule has 9 heteroatoms. The summed E-state index contributed by atoms with van der Waals surface area (Å²) in [6, 6.07) is 13.0. The molecule has 0 spiro atoms. The third kappa shape index (κ3) is 5.23. The van der Waals surface area contributed by atoms with Gasteiger partial charge in [0, 0.05) is 18.8 Å². The maximum atomic E-state index is 13.9. The van der Waals surface area contributed by atoms with E-state index in [-0.39, 0.29) is 12.2 Å². The van der Waals surface area contributed by atoms with Gasteiger partial charge in [-0.1, -0.05) is 29.5 Å². The van der Waals surface area contributed by atoms with E-state index in [9.17, 15) is 9.59 Å². The molecule has 5 rings (SSSR count). The van der Waals surface area contributed by atoms with Gasteiger partial charge in [0.25, 0.3) is 5.56 Å². The molecule has 0 bridgehead atoms. The lowest BCUT2D eigenvalue weighted by Crippen LogP contribution is -2.40. The highest BCUT2D eigenvalue weighted by molar-refractivity contribution is 7.07. The van der Waals surface area contributed by atoms with E-state index in [4.69, 9.17) is 14.2 Å². The van der Waals surface area contributed by atoms with Crippen LogP contribution >= 0.6 is 11.3 Å². The lowest BCUT2D eigenvalue weighted by atomic mass is 9.95. The van der Waals surface area contributed by atoms with Crippen LogP contribution in [0.15, 0.2) is 63.5 Å². The number of nitrogens with zero attached hydrogens (tertiary/aromatic N) is 3. The van der Waals surface area contributed by atoms with E-state index in [1.165, 1.54) is 29.9 Å². The summed E-state index contributed by atoms with van der Waals surface area (Å²) >= 11 is 1.31. The maximum Gasteiger partial charge on any atom is 0.338 e. The number of anilines is 1. The number of esters is 1. The first-order chi connectivity index (χ1) is 18.9. The summed E-state index contributed by atoms with van der Waals surface area (Å²) in [5.74, 6) is 0.615. The summed E-state index contributed by atoms with van der Waals surface area (Å²) in [6.45, 7) is 8.24. The van der Waals surface area contributed by atoms with Gasteiger partial charge in [-0.2, -0.15) is 0 Å². The molecule has 0 N–H and O–H groups in total. The zero-order valence-corrected chi connectivity index (χ0v) is 23.5. The zero-order valence-electron chi connectivity index (χ0n) is 22.7. The number of methoxy groups -OCH3 is 1. The number of rotatable bonds is 8. The Morgan fingerprint density at radius 1 is 1.08 bits per heavy atom. The number of hydrogen-bond donors (Lipinski definition) is 0. The predicted octanol–water partition coefficient (Wildman–Crippen LogP) is 3.81. The molecule has 2 aliphatic heterocycles. The number of benzene rings is 2. The van der Waals surface area contributed by atoms with Gasteiger partial charge in [-0.3, -0.25) is 9.36 Å². The Morgan fingerprint density at radius 2 is 1.82 bits per heavy atom. The number of ether oxygens (including phenoxy) is 3. The standard InChI is InChI=1S/C30H33N3O5S/c1-5-37-24-18-21(11-14-23(24)36-4)27-26(29(35)38-6-2)19(3)31-30-33(27)28(34)25(39-30)17-20-9-12-22(13-10-20)32-15-7-8-16-32/h9-14,17-18,27H,5-8,15-16H2,1-4H3/b25-17+/t27-/m0/s1. The Bertz CT molecular complexity index is 1580. The number of thiazole rings is 1. The Balaban J connectivity index is 1.63. The van der Waals surface area contributed by atoms with Crippen molar-refractivity contribution >= 4 is 29.1 Å². The Labute approximate surface area is 231 Å². The van der Waals surface area contributed by atoms with Crippen LogP contribution in [0.4, 0.5) is 5.69 Å². The van der Waals surface area contributed by atoms with Crippen LogP contribution in [-0.2, 0) is 9.53 Å². The second-order valence-electron chi connectivity index (χ2n) is 9.43. The van der Waals surface area contributed by atoms with Crippen molar-refractivity contribution in [2.45, 2.75) is 39.7 Å². The first kappa shape index (κ1) is 26.7. The fraction of sp³-hybridized carbons (Fsp3) is 0.367. The highest BCUT2D eigenvalue weighted by Gasteiger charge is 2.34. The lowest BCUT2D eigenvalue weighted by Gasteiger charge is -2.25. The van der Waals surface area contributed by atoms with Gasteiger partial charge in [0.05, 0.1) is 42.2 Å². The fourth-order valence-electron chi connectivity index (χ4n) is 5.15. The van der Waals surface area contributed by atoms with Gasteiger partial charge >= 0.3 is 5.97 Å². The topological polar surface area (TPSA) is 82.4 Å². The predicted molar refractivity (Wildman–Crippen MR) is 152 cm³/mol. The van der Waals surface area contributed by atoms with Gasteiger partial charge in [-0.05, 0) is 75.1 Å². The van der Waals surface area contributed by atoms with Gasteiger partial charge in [-0.15, -0.1) is 0 Å². The van der Waals surface area contributed by atoms with E-state index in [1.807, 2.05) is 37.3 Å². The molecule has 0 amide bonds. The molecule has 8 nitrogen and oxygen atoms in total. The molecule has 0 saturated carbocycles. The van der Waals surface area contributed by atoms with E-state index in [1.54, 1.807) is 31.6 Å². The van der Waals surface area contributed by atoms with Crippen LogP contribution in [-0.4, -0.2) is 43.9 Å². The normalized spacial score (nSPS) is 17.2. The maximum absolute atomic E-state index is 13.9. The van der Waals surface area contributed by atoms with E-state index in [2.05, 4.69) is 22.0 Å². The summed E-state index contributed by atoms with van der Waals surface area (Å²) in [7, 11) is 1.58. The zero-order chi connectivity index (χ0) is 27.5. The van der Waals surface area contributed by atoms with E-state index in [0.717, 1.165) is 18.7 Å². The van der Waals surface area contributed by atoms with E-state index in [0.29, 0.717) is 44.3 Å². The Kier molecular flexibility index (Phi) is 7.88. The number of fused-ring (bicyclic) bond motifs is 1. The molecule has 0 radical (unpaired) electrons. The van der Waals surface area contributed by atoms with E-state index < -0.39 is 12.0 Å². The van der Waals surface area contributed by atoms with Crippen LogP contribution in [0.1, 0.15) is 50.8 Å². The first-order valence-electron chi connectivity index (χ1n) is 13.3. The molecule has 1 fully saturated rings. The fourth-order valence-corrected chi connectivity index (χ4v) is 6.19. The third-order valence-corrected chi connectivity index (χ3v) is 7.97. The van der Waals surface area contributed by atoms with Crippen molar-refractivity contribution in [1.82, 2.24) is 4.57 Å². The van der Waals surface area contributed by atoms with Crippen LogP contribution in [0.3, 0.4) is 0 Å². The second-order valence-corrected chi connectivity index (χ2v) is 10.4. The van der Waals surface area contributed by atoms with Crippen molar-refractivity contribution in [3.05, 3.63) is 84.5 Å². The highest BCUT2D eigenvalue weighted by Crippen LogP contribution is 2.36. The summed E-state index contributed by atoms with van der Waals surface area (Å²) in [6.07, 6.45) is 4.33. The highest BCUT2D eigenvalue weighted by atomic mass is 32.1. The summed E-state index contributed by atoms with van der Waals surface area (Å²) < 4.78 is 18.8. The number of carbonyl (C=O) groups excluding carboxylic acids is 1. The summed E-state index contributed by atoms with van der Waals surface area (Å²) in [5.41, 5.74) is 3.48. The first-order valence-corrected chi connectivity index (χ1v) is 14.1. The van der Waals surface area contributed by atoms with Crippen molar-refractivity contribution < 1.29 is 19.0 Å². The number of allylic oxidation sites excluding steroid dienone is 1. The SMILES string of the molecule is CCOC(=O)C1=C(C)N=c2s/c(=C/c3ccc(N4CCCC4)cc3)c(=O)n2[C@H]1c1ccc(OC)c(OCC)c1. The van der Waals surface area contributed by atoms with Gasteiger partial charge in [0.15, 0.2) is 16.3 Å². The van der Waals surface area contributed by atoms with Crippen LogP contribution < -0.4 is 29.3 Å². The minimum Gasteiger partial charge on any atom is -0.493 e. The van der Waals surface area contributed by atoms with Crippen molar-refractivity contribution in [3.8, 4) is 11.5 Å². The number of aromatic nitrogens is 1. The molecule has 3 heterocycles. The van der Waals surface area contributed by atoms with Gasteiger partial charge in [-0.25, -0.2) is 9.79 Å². The molecule has 1 atom stereocenters. The smallest absolute Gasteiger partial charge is 0.338 e. The molecule has 1 aromatic heterocycles. The molecule has 1 saturated heterocycles. The molecule has 0 aliphatic carbocycles. The van der Waals surface area contributed by atoms with Crippen LogP contribution in [0.25, 0.3) is 6.08 Å². The van der Waals surface area contributed by atoms with E-state index >= 15 is 0 Å². The van der Waals surface area contributed by atoms with Crippen molar-refractivity contribution in [2.24, 2.45) is 4.99 Å². The van der Waals surface area contributed by atoms with Crippen LogP contribution in [0, 0.1) is 0 Å². The monoisotopic (exact) mass is 547 g/mol. The molecule has 39 heavy (non-hydrogen) atoms. The van der Waals surface area contributed by atoms with Gasteiger partial charge < -0.3 is 19.1 Å². The van der Waals surface area contributed by atoms with Gasteiger partial charge in [0.1, 0.15) is 0 Å². The minimum absolute atomic E-state index is 0.213. The van der Waals surface area contributed by atoms with Crippen LogP contribution in [0.2, 0.25) is 0 Å². The van der Waals surface area contributed by atoms with Gasteiger partial charge in [0.2, 0.25) is 0 Å². The molecular formula is C30H33N3O5S. The average molecular weight is 548 g/mol. The quantitative estimate of drug-likeness (QED) is 0.399. The molecule has 0 unspecified atom stereocenters. The van der Waals surface area contributed by atoms with Crippen molar-refractivity contribution in [2.75, 3.05) is 38.3 Å². The number of hydrogen-bond acceptors (Lipinski definition) is 8. The molecule has 204 valence electrons. The molecule has 3 aromatic rings. The number of carbonyl (C=O) groups is 1. The summed E-state index contributed by atoms with van der Waals surface area (Å²) in [4.78, 5) is 34.6. The van der Waals surface area contributed by atoms with Crippen molar-refractivity contribution in [3.63, 3.8) is 0 Å². The van der Waals surface area contributed by atoms with Crippen LogP contribution in [0.5, 0.6) is 11.5 Å². The molecule has 2 aliphatic rings. The largest absolute Gasteiger partial charge is 0.493 e. The minimum atomic E-state index is -0.717. The Hall–Kier alpha value is -3.85. The molecular weight excluding hydrogens is 514 g/mol.